The molecular weight excluding hydrogens is 366 g/mol. The van der Waals surface area contributed by atoms with E-state index < -0.39 is 63.2 Å². The van der Waals surface area contributed by atoms with Gasteiger partial charge in [0.15, 0.2) is 0 Å². The lowest BCUT2D eigenvalue weighted by atomic mass is 10.1. The molecule has 0 saturated carbocycles. The summed E-state index contributed by atoms with van der Waals surface area (Å²) in [6.45, 7) is 3.11. The Balaban J connectivity index is 3.12. The maximum atomic E-state index is 12.3. The van der Waals surface area contributed by atoms with Crippen molar-refractivity contribution in [2.24, 2.45) is 0 Å². The second-order valence-corrected chi connectivity index (χ2v) is 5.70. The van der Waals surface area contributed by atoms with Crippen molar-refractivity contribution >= 4 is 29.2 Å². The van der Waals surface area contributed by atoms with Gasteiger partial charge in [-0.15, -0.1) is 0 Å². The van der Waals surface area contributed by atoms with Crippen molar-refractivity contribution in [2.75, 3.05) is 0 Å². The van der Waals surface area contributed by atoms with Gasteiger partial charge in [-0.05, 0) is 20.3 Å². The number of nitrogens with one attached hydrogen (secondary N) is 1. The number of nitro groups is 2. The number of carbonyl (C=O) groups excluding carboxylic acids is 2. The molecule has 0 fully saturated rings. The average molecular weight is 383 g/mol. The number of amides is 1. The molecule has 12 nitrogen and oxygen atoms in total. The molecule has 2 N–H and O–H groups in total. The number of carboxylic acids is 1. The van der Waals surface area contributed by atoms with Gasteiger partial charge in [0.05, 0.1) is 27.6 Å². The molecule has 0 saturated heterocycles. The van der Waals surface area contributed by atoms with Crippen LogP contribution in [0.3, 0.4) is 0 Å². The van der Waals surface area contributed by atoms with Gasteiger partial charge in [-0.1, -0.05) is 0 Å². The van der Waals surface area contributed by atoms with Crippen molar-refractivity contribution in [3.8, 4) is 0 Å². The number of nitro benzene ring substituents is 2. The first-order chi connectivity index (χ1) is 12.5. The Labute approximate surface area is 152 Å². The van der Waals surface area contributed by atoms with E-state index in [1.54, 1.807) is 13.8 Å². The fraction of sp³-hybridized carbons (Fsp3) is 0.400. The number of esters is 1. The Bertz CT molecular complexity index is 744. The third kappa shape index (κ3) is 6.68. The normalized spacial score (nSPS) is 11.5. The molecule has 0 bridgehead atoms. The molecule has 27 heavy (non-hydrogen) atoms. The van der Waals surface area contributed by atoms with Crippen molar-refractivity contribution in [2.45, 2.75) is 38.8 Å². The summed E-state index contributed by atoms with van der Waals surface area (Å²) in [5, 5.41) is 32.7. The number of benzene rings is 1. The highest BCUT2D eigenvalue weighted by atomic mass is 16.6. The first kappa shape index (κ1) is 21.5. The van der Waals surface area contributed by atoms with E-state index >= 15 is 0 Å². The smallest absolute Gasteiger partial charge is 0.328 e. The summed E-state index contributed by atoms with van der Waals surface area (Å²) in [4.78, 5) is 55.1. The van der Waals surface area contributed by atoms with Gasteiger partial charge < -0.3 is 15.2 Å². The van der Waals surface area contributed by atoms with Crippen LogP contribution in [0.15, 0.2) is 18.2 Å². The van der Waals surface area contributed by atoms with Crippen LogP contribution in [0.2, 0.25) is 0 Å². The Morgan fingerprint density at radius 2 is 1.63 bits per heavy atom. The minimum Gasteiger partial charge on any atom is -0.481 e. The second kappa shape index (κ2) is 9.22. The van der Waals surface area contributed by atoms with E-state index in [2.05, 4.69) is 5.32 Å². The summed E-state index contributed by atoms with van der Waals surface area (Å²) in [5.74, 6) is -3.12. The number of non-ortho nitro benzene ring substituents is 2. The number of hydrogen-bond acceptors (Lipinski definition) is 8. The van der Waals surface area contributed by atoms with Crippen molar-refractivity contribution < 1.29 is 34.1 Å². The zero-order chi connectivity index (χ0) is 20.7. The Morgan fingerprint density at radius 1 is 1.11 bits per heavy atom. The standard InChI is InChI=1S/C15H17N3O9/c1-8(2)27-15(22)12(3-4-13(19)20)16-14(21)9-5-10(17(23)24)7-11(6-9)18(25)26/h5-8,12H,3-4H2,1-2H3,(H,16,21)(H,19,20)/t12-/m0/s1. The highest BCUT2D eigenvalue weighted by molar-refractivity contribution is 5.98. The zero-order valence-electron chi connectivity index (χ0n) is 14.4. The molecule has 0 spiro atoms. The molecule has 0 aliphatic heterocycles. The van der Waals surface area contributed by atoms with Gasteiger partial charge in [0.2, 0.25) is 0 Å². The first-order valence-electron chi connectivity index (χ1n) is 7.68. The average Bonchev–Trinajstić information content (AvgIpc) is 2.56. The van der Waals surface area contributed by atoms with Crippen LogP contribution in [0.5, 0.6) is 0 Å². The Morgan fingerprint density at radius 3 is 2.04 bits per heavy atom. The maximum absolute atomic E-state index is 12.3. The van der Waals surface area contributed by atoms with E-state index in [0.717, 1.165) is 12.1 Å². The molecule has 12 heteroatoms. The Kier molecular flexibility index (Phi) is 7.33. The number of nitrogens with zero attached hydrogens (tertiary/aromatic N) is 2. The summed E-state index contributed by atoms with van der Waals surface area (Å²) in [6.07, 6.45) is -1.27. The van der Waals surface area contributed by atoms with E-state index in [1.807, 2.05) is 0 Å². The predicted molar refractivity (Wildman–Crippen MR) is 89.1 cm³/mol. The van der Waals surface area contributed by atoms with Crippen molar-refractivity contribution in [3.63, 3.8) is 0 Å². The van der Waals surface area contributed by atoms with Gasteiger partial charge in [0, 0.05) is 18.6 Å². The van der Waals surface area contributed by atoms with Crippen LogP contribution < -0.4 is 5.32 Å². The topological polar surface area (TPSA) is 179 Å². The van der Waals surface area contributed by atoms with E-state index in [0.29, 0.717) is 6.07 Å². The molecule has 0 radical (unpaired) electrons. The quantitative estimate of drug-likeness (QED) is 0.362. The molecule has 1 aromatic carbocycles. The summed E-state index contributed by atoms with van der Waals surface area (Å²) in [6, 6.07) is 0.967. The van der Waals surface area contributed by atoms with E-state index in [1.165, 1.54) is 0 Å². The number of hydrogen-bond donors (Lipinski definition) is 2. The minimum atomic E-state index is -1.34. The zero-order valence-corrected chi connectivity index (χ0v) is 14.4. The maximum Gasteiger partial charge on any atom is 0.328 e. The molecule has 1 amide bonds. The third-order valence-corrected chi connectivity index (χ3v) is 3.17. The molecule has 0 aromatic heterocycles. The molecule has 1 aromatic rings. The van der Waals surface area contributed by atoms with E-state index in [4.69, 9.17) is 9.84 Å². The van der Waals surface area contributed by atoms with Crippen molar-refractivity contribution in [1.82, 2.24) is 5.32 Å². The summed E-state index contributed by atoms with van der Waals surface area (Å²) < 4.78 is 4.94. The molecule has 0 unspecified atom stereocenters. The second-order valence-electron chi connectivity index (χ2n) is 5.70. The van der Waals surface area contributed by atoms with E-state index in [9.17, 15) is 34.6 Å². The van der Waals surface area contributed by atoms with Gasteiger partial charge in [0.25, 0.3) is 17.3 Å². The van der Waals surface area contributed by atoms with Crippen LogP contribution in [0.1, 0.15) is 37.0 Å². The number of ether oxygens (including phenoxy) is 1. The van der Waals surface area contributed by atoms with Gasteiger partial charge in [-0.25, -0.2) is 4.79 Å². The first-order valence-corrected chi connectivity index (χ1v) is 7.68. The molecule has 1 rings (SSSR count). The van der Waals surface area contributed by atoms with Crippen LogP contribution in [0.25, 0.3) is 0 Å². The lowest BCUT2D eigenvalue weighted by Gasteiger charge is -2.18. The van der Waals surface area contributed by atoms with Crippen molar-refractivity contribution in [1.29, 1.82) is 0 Å². The lowest BCUT2D eigenvalue weighted by Crippen LogP contribution is -2.43. The van der Waals surface area contributed by atoms with Crippen molar-refractivity contribution in [3.05, 3.63) is 44.0 Å². The Hall–Kier alpha value is -3.57. The van der Waals surface area contributed by atoms with E-state index in [-0.39, 0.29) is 6.42 Å². The third-order valence-electron chi connectivity index (χ3n) is 3.17. The van der Waals surface area contributed by atoms with Crippen LogP contribution in [0, 0.1) is 20.2 Å². The minimum absolute atomic E-state index is 0.288. The number of carbonyl (C=O) groups is 3. The summed E-state index contributed by atoms with van der Waals surface area (Å²) in [5.41, 5.74) is -1.78. The molecule has 0 aliphatic rings. The van der Waals surface area contributed by atoms with Crippen LogP contribution in [-0.2, 0) is 14.3 Å². The molecule has 1 atom stereocenters. The highest BCUT2D eigenvalue weighted by Crippen LogP contribution is 2.23. The van der Waals surface area contributed by atoms with Gasteiger partial charge in [-0.3, -0.25) is 29.8 Å². The fourth-order valence-electron chi connectivity index (χ4n) is 2.01. The largest absolute Gasteiger partial charge is 0.481 e. The number of rotatable bonds is 9. The molecule has 146 valence electrons. The lowest BCUT2D eigenvalue weighted by molar-refractivity contribution is -0.394. The molecular formula is C15H17N3O9. The van der Waals surface area contributed by atoms with Crippen LogP contribution in [0.4, 0.5) is 11.4 Å². The van der Waals surface area contributed by atoms with Crippen LogP contribution in [-0.4, -0.2) is 44.9 Å². The summed E-state index contributed by atoms with van der Waals surface area (Å²) in [7, 11) is 0. The fourth-order valence-corrected chi connectivity index (χ4v) is 2.01. The highest BCUT2D eigenvalue weighted by Gasteiger charge is 2.26. The number of carboxylic acid groups (broad SMARTS) is 1. The van der Waals surface area contributed by atoms with Crippen LogP contribution >= 0.6 is 0 Å². The van der Waals surface area contributed by atoms with Gasteiger partial charge in [0.1, 0.15) is 6.04 Å². The predicted octanol–water partition coefficient (Wildman–Crippen LogP) is 1.42. The SMILES string of the molecule is CC(C)OC(=O)[C@H](CCC(=O)O)NC(=O)c1cc([N+](=O)[O-])cc([N+](=O)[O-])c1. The summed E-state index contributed by atoms with van der Waals surface area (Å²) >= 11 is 0. The van der Waals surface area contributed by atoms with Gasteiger partial charge >= 0.3 is 11.9 Å². The molecule has 0 heterocycles. The number of aliphatic carboxylic acids is 1. The molecule has 0 aliphatic carbocycles. The van der Waals surface area contributed by atoms with Gasteiger partial charge in [-0.2, -0.15) is 0 Å². The monoisotopic (exact) mass is 383 g/mol.